The minimum Gasteiger partial charge on any atom is -0.335 e. The predicted octanol–water partition coefficient (Wildman–Crippen LogP) is 7.33. The van der Waals surface area contributed by atoms with Crippen molar-refractivity contribution in [3.8, 4) is 22.5 Å². The standard InChI is InChI=1S/C38H32N4O2/c1-25-11-15-27(16-12-25)35-23-31(29-7-3-5-9-33(29)39-35)37(43)41-19-21-42(22-20-41)38(44)32-24-36(28-17-13-26(2)14-18-28)40-34-10-6-4-8-30(32)34/h3-18,23-24H,19-22H2,1-2H3. The van der Waals surface area contributed by atoms with Crippen molar-refractivity contribution in [2.45, 2.75) is 13.8 Å². The van der Waals surface area contributed by atoms with Gasteiger partial charge in [-0.3, -0.25) is 9.59 Å². The van der Waals surface area contributed by atoms with E-state index in [2.05, 4.69) is 38.1 Å². The van der Waals surface area contributed by atoms with Crippen LogP contribution in [0.15, 0.2) is 109 Å². The van der Waals surface area contributed by atoms with Crippen LogP contribution in [0.5, 0.6) is 0 Å². The quantitative estimate of drug-likeness (QED) is 0.220. The van der Waals surface area contributed by atoms with Gasteiger partial charge in [-0.1, -0.05) is 96.1 Å². The Labute approximate surface area is 256 Å². The highest BCUT2D eigenvalue weighted by atomic mass is 16.2. The van der Waals surface area contributed by atoms with E-state index in [1.54, 1.807) is 0 Å². The number of carbonyl (C=O) groups is 2. The summed E-state index contributed by atoms with van der Waals surface area (Å²) in [6, 6.07) is 35.8. The molecule has 3 heterocycles. The van der Waals surface area contributed by atoms with E-state index in [-0.39, 0.29) is 11.8 Å². The van der Waals surface area contributed by atoms with Gasteiger partial charge < -0.3 is 9.80 Å². The maximum absolute atomic E-state index is 14.0. The molecule has 1 saturated heterocycles. The van der Waals surface area contributed by atoms with E-state index in [1.165, 1.54) is 11.1 Å². The molecule has 0 spiro atoms. The molecule has 7 rings (SSSR count). The molecule has 0 aliphatic carbocycles. The average molecular weight is 577 g/mol. The third kappa shape index (κ3) is 5.20. The lowest BCUT2D eigenvalue weighted by Gasteiger charge is -2.35. The zero-order valence-electron chi connectivity index (χ0n) is 24.8. The van der Waals surface area contributed by atoms with Crippen molar-refractivity contribution in [1.29, 1.82) is 0 Å². The van der Waals surface area contributed by atoms with E-state index in [0.717, 1.165) is 44.3 Å². The summed E-state index contributed by atoms with van der Waals surface area (Å²) in [5.41, 5.74) is 8.68. The first-order chi connectivity index (χ1) is 21.4. The van der Waals surface area contributed by atoms with Crippen molar-refractivity contribution >= 4 is 33.6 Å². The SMILES string of the molecule is Cc1ccc(-c2cc(C(=O)N3CCN(C(=O)c4cc(-c5ccc(C)cc5)nc5ccccc45)CC3)c3ccccc3n2)cc1. The molecule has 0 atom stereocenters. The summed E-state index contributed by atoms with van der Waals surface area (Å²) in [4.78, 5) is 41.4. The first-order valence-corrected chi connectivity index (χ1v) is 15.0. The van der Waals surface area contributed by atoms with E-state index < -0.39 is 0 Å². The molecular weight excluding hydrogens is 544 g/mol. The Morgan fingerprint density at radius 1 is 0.523 bits per heavy atom. The highest BCUT2D eigenvalue weighted by Crippen LogP contribution is 2.29. The molecule has 216 valence electrons. The number of pyridine rings is 2. The summed E-state index contributed by atoms with van der Waals surface area (Å²) in [5, 5.41) is 1.66. The Kier molecular flexibility index (Phi) is 7.10. The fourth-order valence-electron chi connectivity index (χ4n) is 5.90. The Morgan fingerprint density at radius 3 is 1.27 bits per heavy atom. The second kappa shape index (κ2) is 11.4. The lowest BCUT2D eigenvalue weighted by atomic mass is 10.0. The van der Waals surface area contributed by atoms with Crippen molar-refractivity contribution in [3.63, 3.8) is 0 Å². The molecule has 0 N–H and O–H groups in total. The van der Waals surface area contributed by atoms with Crippen molar-refractivity contribution < 1.29 is 9.59 Å². The number of hydrogen-bond acceptors (Lipinski definition) is 4. The topological polar surface area (TPSA) is 66.4 Å². The third-order valence-electron chi connectivity index (χ3n) is 8.44. The fraction of sp³-hybridized carbons (Fsp3) is 0.158. The number of piperazine rings is 1. The second-order valence-electron chi connectivity index (χ2n) is 11.5. The van der Waals surface area contributed by atoms with Crippen LogP contribution < -0.4 is 0 Å². The van der Waals surface area contributed by atoms with Gasteiger partial charge >= 0.3 is 0 Å². The van der Waals surface area contributed by atoms with E-state index in [4.69, 9.17) is 9.97 Å². The van der Waals surface area contributed by atoms with E-state index in [1.807, 2.05) is 94.7 Å². The number of para-hydroxylation sites is 2. The maximum Gasteiger partial charge on any atom is 0.254 e. The van der Waals surface area contributed by atoms with E-state index in [9.17, 15) is 9.59 Å². The Morgan fingerprint density at radius 2 is 0.886 bits per heavy atom. The molecule has 0 unspecified atom stereocenters. The van der Waals surface area contributed by atoms with Gasteiger partial charge in [0.25, 0.3) is 11.8 Å². The molecule has 0 bridgehead atoms. The number of hydrogen-bond donors (Lipinski definition) is 0. The first kappa shape index (κ1) is 27.5. The van der Waals surface area contributed by atoms with Crippen molar-refractivity contribution in [3.05, 3.63) is 131 Å². The summed E-state index contributed by atoms with van der Waals surface area (Å²) in [7, 11) is 0. The Hall–Kier alpha value is -5.36. The maximum atomic E-state index is 14.0. The molecule has 6 heteroatoms. The number of aromatic nitrogens is 2. The van der Waals surface area contributed by atoms with Crippen LogP contribution in [-0.4, -0.2) is 57.8 Å². The molecule has 1 fully saturated rings. The third-order valence-corrected chi connectivity index (χ3v) is 8.44. The lowest BCUT2D eigenvalue weighted by Crippen LogP contribution is -2.50. The number of rotatable bonds is 4. The summed E-state index contributed by atoms with van der Waals surface area (Å²) in [5.74, 6) is -0.0832. The highest BCUT2D eigenvalue weighted by Gasteiger charge is 2.28. The van der Waals surface area contributed by atoms with Gasteiger partial charge in [0.2, 0.25) is 0 Å². The van der Waals surface area contributed by atoms with Gasteiger partial charge in [0, 0.05) is 48.1 Å². The molecule has 4 aromatic carbocycles. The summed E-state index contributed by atoms with van der Waals surface area (Å²) < 4.78 is 0. The van der Waals surface area contributed by atoms with Gasteiger partial charge in [0.1, 0.15) is 0 Å². The van der Waals surface area contributed by atoms with Crippen LogP contribution in [0.4, 0.5) is 0 Å². The van der Waals surface area contributed by atoms with Gasteiger partial charge in [-0.2, -0.15) is 0 Å². The number of fused-ring (bicyclic) bond motifs is 2. The molecule has 0 saturated carbocycles. The zero-order chi connectivity index (χ0) is 30.2. The van der Waals surface area contributed by atoms with Crippen LogP contribution in [0, 0.1) is 13.8 Å². The second-order valence-corrected chi connectivity index (χ2v) is 11.5. The fourth-order valence-corrected chi connectivity index (χ4v) is 5.90. The summed E-state index contributed by atoms with van der Waals surface area (Å²) in [6.45, 7) is 5.92. The number of benzene rings is 4. The molecule has 6 nitrogen and oxygen atoms in total. The smallest absolute Gasteiger partial charge is 0.254 e. The first-order valence-electron chi connectivity index (χ1n) is 15.0. The van der Waals surface area contributed by atoms with Crippen LogP contribution in [0.1, 0.15) is 31.8 Å². The molecule has 2 aromatic heterocycles. The van der Waals surface area contributed by atoms with E-state index >= 15 is 0 Å². The normalized spacial score (nSPS) is 13.4. The van der Waals surface area contributed by atoms with Gasteiger partial charge in [-0.05, 0) is 38.1 Å². The summed E-state index contributed by atoms with van der Waals surface area (Å²) in [6.07, 6.45) is 0. The van der Waals surface area contributed by atoms with Crippen molar-refractivity contribution in [2.24, 2.45) is 0 Å². The zero-order valence-corrected chi connectivity index (χ0v) is 24.8. The number of carbonyl (C=O) groups excluding carboxylic acids is 2. The molecule has 1 aliphatic heterocycles. The van der Waals surface area contributed by atoms with Crippen LogP contribution in [0.25, 0.3) is 44.3 Å². The number of aryl methyl sites for hydroxylation is 2. The highest BCUT2D eigenvalue weighted by molar-refractivity contribution is 6.08. The lowest BCUT2D eigenvalue weighted by molar-refractivity contribution is 0.0537. The van der Waals surface area contributed by atoms with Crippen LogP contribution in [0.3, 0.4) is 0 Å². The monoisotopic (exact) mass is 576 g/mol. The van der Waals surface area contributed by atoms with E-state index in [0.29, 0.717) is 37.3 Å². The number of amides is 2. The minimum absolute atomic E-state index is 0.0416. The molecule has 0 radical (unpaired) electrons. The molecule has 2 amide bonds. The average Bonchev–Trinajstić information content (AvgIpc) is 3.07. The minimum atomic E-state index is -0.0416. The van der Waals surface area contributed by atoms with Gasteiger partial charge in [-0.15, -0.1) is 0 Å². The van der Waals surface area contributed by atoms with Gasteiger partial charge in [-0.25, -0.2) is 9.97 Å². The van der Waals surface area contributed by atoms with Crippen molar-refractivity contribution in [1.82, 2.24) is 19.8 Å². The molecule has 44 heavy (non-hydrogen) atoms. The molecular formula is C38H32N4O2. The summed E-state index contributed by atoms with van der Waals surface area (Å²) >= 11 is 0. The van der Waals surface area contributed by atoms with Crippen LogP contribution in [-0.2, 0) is 0 Å². The number of nitrogens with zero attached hydrogens (tertiary/aromatic N) is 4. The molecule has 1 aliphatic rings. The predicted molar refractivity (Wildman–Crippen MR) is 176 cm³/mol. The van der Waals surface area contributed by atoms with Crippen LogP contribution >= 0.6 is 0 Å². The van der Waals surface area contributed by atoms with Gasteiger partial charge in [0.15, 0.2) is 0 Å². The Balaban J connectivity index is 1.15. The van der Waals surface area contributed by atoms with Gasteiger partial charge in [0.05, 0.1) is 33.5 Å². The van der Waals surface area contributed by atoms with Crippen molar-refractivity contribution in [2.75, 3.05) is 26.2 Å². The molecule has 6 aromatic rings. The van der Waals surface area contributed by atoms with Crippen LogP contribution in [0.2, 0.25) is 0 Å². The Bertz CT molecular complexity index is 1880. The largest absolute Gasteiger partial charge is 0.335 e.